The highest BCUT2D eigenvalue weighted by Gasteiger charge is 2.24. The Labute approximate surface area is 176 Å². The van der Waals surface area contributed by atoms with Gasteiger partial charge in [-0.15, -0.1) is 0 Å². The molecule has 30 heavy (non-hydrogen) atoms. The summed E-state index contributed by atoms with van der Waals surface area (Å²) in [4.78, 5) is 12.2. The minimum Gasteiger partial charge on any atom is -0.507 e. The smallest absolute Gasteiger partial charge is 0.165 e. The van der Waals surface area contributed by atoms with E-state index in [1.807, 2.05) is 18.2 Å². The summed E-state index contributed by atoms with van der Waals surface area (Å²) in [5, 5.41) is 11.5. The van der Waals surface area contributed by atoms with Crippen LogP contribution in [-0.2, 0) is 0 Å². The molecule has 4 heteroatoms. The lowest BCUT2D eigenvalue weighted by Crippen LogP contribution is -2.35. The maximum atomic E-state index is 10.4. The normalized spacial score (nSPS) is 16.7. The first-order chi connectivity index (χ1) is 14.7. The Morgan fingerprint density at radius 2 is 1.73 bits per heavy atom. The molecular weight excluding hydrogens is 370 g/mol. The maximum Gasteiger partial charge on any atom is 0.165 e. The average Bonchev–Trinajstić information content (AvgIpc) is 2.79. The third-order valence-electron chi connectivity index (χ3n) is 5.97. The van der Waals surface area contributed by atoms with E-state index >= 15 is 0 Å². The third-order valence-corrected chi connectivity index (χ3v) is 5.97. The van der Waals surface area contributed by atoms with Crippen LogP contribution in [0.5, 0.6) is 5.75 Å². The van der Waals surface area contributed by atoms with Gasteiger partial charge in [-0.3, -0.25) is 0 Å². The van der Waals surface area contributed by atoms with Crippen LogP contribution < -0.4 is 4.90 Å². The van der Waals surface area contributed by atoms with Crippen molar-refractivity contribution in [3.63, 3.8) is 0 Å². The lowest BCUT2D eigenvalue weighted by molar-refractivity contribution is 0.477. The highest BCUT2D eigenvalue weighted by molar-refractivity contribution is 5.92. The van der Waals surface area contributed by atoms with E-state index in [0.717, 1.165) is 41.8 Å². The molecule has 0 saturated carbocycles. The number of piperidine rings is 1. The third kappa shape index (κ3) is 3.50. The molecule has 1 unspecified atom stereocenters. The Morgan fingerprint density at radius 1 is 0.933 bits per heavy atom. The van der Waals surface area contributed by atoms with Crippen LogP contribution in [0.1, 0.15) is 29.9 Å². The largest absolute Gasteiger partial charge is 0.507 e. The van der Waals surface area contributed by atoms with Crippen molar-refractivity contribution < 1.29 is 5.11 Å². The lowest BCUT2D eigenvalue weighted by atomic mass is 9.90. The van der Waals surface area contributed by atoms with Crippen molar-refractivity contribution in [2.24, 2.45) is 0 Å². The molecule has 0 amide bonds. The summed E-state index contributed by atoms with van der Waals surface area (Å²) < 4.78 is 0. The number of benzene rings is 3. The zero-order valence-corrected chi connectivity index (χ0v) is 17.1. The van der Waals surface area contributed by atoms with E-state index in [2.05, 4.69) is 60.4 Å². The van der Waals surface area contributed by atoms with E-state index in [1.54, 1.807) is 6.07 Å². The van der Waals surface area contributed by atoms with Gasteiger partial charge in [0.15, 0.2) is 5.82 Å². The van der Waals surface area contributed by atoms with Crippen LogP contribution in [0.15, 0.2) is 72.8 Å². The van der Waals surface area contributed by atoms with Crippen molar-refractivity contribution in [3.8, 4) is 17.1 Å². The first-order valence-corrected chi connectivity index (χ1v) is 10.6. The van der Waals surface area contributed by atoms with Gasteiger partial charge < -0.3 is 10.0 Å². The van der Waals surface area contributed by atoms with Gasteiger partial charge in [-0.1, -0.05) is 48.5 Å². The number of para-hydroxylation sites is 1. The van der Waals surface area contributed by atoms with E-state index in [0.29, 0.717) is 17.3 Å². The Hall–Kier alpha value is -3.40. The summed E-state index contributed by atoms with van der Waals surface area (Å²) >= 11 is 0. The summed E-state index contributed by atoms with van der Waals surface area (Å²) in [6.45, 7) is 3.99. The molecule has 1 aliphatic rings. The molecule has 0 aliphatic carbocycles. The van der Waals surface area contributed by atoms with E-state index in [4.69, 9.17) is 9.97 Å². The van der Waals surface area contributed by atoms with E-state index < -0.39 is 0 Å². The van der Waals surface area contributed by atoms with Crippen LogP contribution in [0.2, 0.25) is 0 Å². The second kappa shape index (κ2) is 7.79. The van der Waals surface area contributed by atoms with Crippen LogP contribution in [0.25, 0.3) is 22.3 Å². The van der Waals surface area contributed by atoms with Crippen LogP contribution in [0, 0.1) is 6.92 Å². The summed E-state index contributed by atoms with van der Waals surface area (Å²) in [6, 6.07) is 24.4. The number of hydrogen-bond donors (Lipinski definition) is 1. The van der Waals surface area contributed by atoms with Gasteiger partial charge in [0.05, 0.1) is 11.1 Å². The highest BCUT2D eigenvalue weighted by Crippen LogP contribution is 2.35. The molecule has 0 bridgehead atoms. The zero-order valence-electron chi connectivity index (χ0n) is 17.1. The van der Waals surface area contributed by atoms with Gasteiger partial charge in [-0.25, -0.2) is 9.97 Å². The topological polar surface area (TPSA) is 49.2 Å². The molecule has 1 atom stereocenters. The first kappa shape index (κ1) is 18.6. The number of nitrogens with zero attached hydrogens (tertiary/aromatic N) is 3. The van der Waals surface area contributed by atoms with Gasteiger partial charge in [0.2, 0.25) is 0 Å². The fourth-order valence-electron chi connectivity index (χ4n) is 4.41. The molecule has 1 N–H and O–H groups in total. The second-order valence-electron chi connectivity index (χ2n) is 8.10. The van der Waals surface area contributed by atoms with Gasteiger partial charge in [0.25, 0.3) is 0 Å². The standard InChI is InChI=1S/C26H25N3O/c1-18-13-14-21-23(16-18)27-25(22-11-5-6-12-24(22)30)28-26(21)29-15-7-10-20(17-29)19-8-3-2-4-9-19/h2-6,8-9,11-14,16,20,30H,7,10,15,17H2,1H3. The number of hydrogen-bond acceptors (Lipinski definition) is 4. The highest BCUT2D eigenvalue weighted by atomic mass is 16.3. The molecule has 1 aromatic heterocycles. The van der Waals surface area contributed by atoms with E-state index in [-0.39, 0.29) is 5.75 Å². The fourth-order valence-corrected chi connectivity index (χ4v) is 4.41. The number of anilines is 1. The average molecular weight is 396 g/mol. The fraction of sp³-hybridized carbons (Fsp3) is 0.231. The predicted octanol–water partition coefficient (Wildman–Crippen LogP) is 5.69. The van der Waals surface area contributed by atoms with Gasteiger partial charge >= 0.3 is 0 Å². The number of rotatable bonds is 3. The van der Waals surface area contributed by atoms with Gasteiger partial charge in [-0.2, -0.15) is 0 Å². The van der Waals surface area contributed by atoms with Crippen LogP contribution in [0.3, 0.4) is 0 Å². The maximum absolute atomic E-state index is 10.4. The lowest BCUT2D eigenvalue weighted by Gasteiger charge is -2.34. The number of fused-ring (bicyclic) bond motifs is 1. The van der Waals surface area contributed by atoms with Gasteiger partial charge in [-0.05, 0) is 55.2 Å². The minimum absolute atomic E-state index is 0.205. The number of aromatic nitrogens is 2. The number of aryl methyl sites for hydroxylation is 1. The predicted molar refractivity (Wildman–Crippen MR) is 122 cm³/mol. The van der Waals surface area contributed by atoms with Crippen molar-refractivity contribution in [3.05, 3.63) is 83.9 Å². The Kier molecular flexibility index (Phi) is 4.83. The van der Waals surface area contributed by atoms with Crippen LogP contribution in [0.4, 0.5) is 5.82 Å². The van der Waals surface area contributed by atoms with Crippen molar-refractivity contribution in [2.75, 3.05) is 18.0 Å². The molecule has 5 rings (SSSR count). The number of phenols is 1. The molecule has 1 fully saturated rings. The molecule has 4 aromatic rings. The summed E-state index contributed by atoms with van der Waals surface area (Å²) in [5.41, 5.74) is 4.13. The molecule has 0 radical (unpaired) electrons. The summed E-state index contributed by atoms with van der Waals surface area (Å²) in [7, 11) is 0. The van der Waals surface area contributed by atoms with E-state index in [1.165, 1.54) is 12.0 Å². The van der Waals surface area contributed by atoms with Crippen molar-refractivity contribution in [1.82, 2.24) is 9.97 Å². The van der Waals surface area contributed by atoms with Crippen molar-refractivity contribution in [1.29, 1.82) is 0 Å². The molecular formula is C26H25N3O. The molecule has 150 valence electrons. The molecule has 3 aromatic carbocycles. The van der Waals surface area contributed by atoms with Gasteiger partial charge in [0, 0.05) is 24.4 Å². The Morgan fingerprint density at radius 3 is 2.57 bits per heavy atom. The first-order valence-electron chi connectivity index (χ1n) is 10.6. The monoisotopic (exact) mass is 395 g/mol. The molecule has 4 nitrogen and oxygen atoms in total. The Bertz CT molecular complexity index is 1190. The van der Waals surface area contributed by atoms with Crippen molar-refractivity contribution >= 4 is 16.7 Å². The van der Waals surface area contributed by atoms with Crippen molar-refractivity contribution in [2.45, 2.75) is 25.7 Å². The molecule has 1 aliphatic heterocycles. The molecule has 1 saturated heterocycles. The number of aromatic hydroxyl groups is 1. The second-order valence-corrected chi connectivity index (χ2v) is 8.10. The Balaban J connectivity index is 1.61. The van der Waals surface area contributed by atoms with Crippen LogP contribution >= 0.6 is 0 Å². The quantitative estimate of drug-likeness (QED) is 0.484. The van der Waals surface area contributed by atoms with E-state index in [9.17, 15) is 5.11 Å². The zero-order chi connectivity index (χ0) is 20.5. The number of phenolic OH excluding ortho intramolecular Hbond substituents is 1. The minimum atomic E-state index is 0.205. The summed E-state index contributed by atoms with van der Waals surface area (Å²) in [6.07, 6.45) is 2.32. The van der Waals surface area contributed by atoms with Gasteiger partial charge in [0.1, 0.15) is 11.6 Å². The summed E-state index contributed by atoms with van der Waals surface area (Å²) in [5.74, 6) is 2.22. The molecule has 0 spiro atoms. The van der Waals surface area contributed by atoms with Crippen LogP contribution in [-0.4, -0.2) is 28.2 Å². The SMILES string of the molecule is Cc1ccc2c(N3CCCC(c4ccccc4)C3)nc(-c3ccccc3O)nc2c1. The molecule has 2 heterocycles.